The molecule has 11 heteroatoms. The summed E-state index contributed by atoms with van der Waals surface area (Å²) in [6, 6.07) is 10.2. The Morgan fingerprint density at radius 1 is 1.03 bits per heavy atom. The molecule has 0 saturated carbocycles. The summed E-state index contributed by atoms with van der Waals surface area (Å²) in [4.78, 5) is 47.8. The highest BCUT2D eigenvalue weighted by Crippen LogP contribution is 2.40. The highest BCUT2D eigenvalue weighted by atomic mass is 35.5. The monoisotopic (exact) mass is 532 g/mol. The lowest BCUT2D eigenvalue weighted by atomic mass is 10.1. The Labute approximate surface area is 220 Å². The molecule has 0 aliphatic carbocycles. The average molecular weight is 533 g/mol. The zero-order valence-corrected chi connectivity index (χ0v) is 22.3. The van der Waals surface area contributed by atoms with Gasteiger partial charge in [-0.1, -0.05) is 17.4 Å². The molecule has 2 aromatic carbocycles. The molecular formula is C25H29ClN4O5S. The summed E-state index contributed by atoms with van der Waals surface area (Å²) >= 11 is 1.35. The number of nitrogens with zero attached hydrogens (tertiary/aromatic N) is 4. The summed E-state index contributed by atoms with van der Waals surface area (Å²) in [5.74, 6) is 0.470. The van der Waals surface area contributed by atoms with Crippen LogP contribution in [0.4, 0.5) is 10.8 Å². The van der Waals surface area contributed by atoms with Gasteiger partial charge >= 0.3 is 0 Å². The molecule has 1 fully saturated rings. The maximum atomic E-state index is 13.8. The molecule has 9 nitrogen and oxygen atoms in total. The first kappa shape index (κ1) is 27.4. The minimum Gasteiger partial charge on any atom is -0.495 e. The summed E-state index contributed by atoms with van der Waals surface area (Å²) in [6.45, 7) is 1.23. The second-order valence-corrected chi connectivity index (χ2v) is 9.41. The summed E-state index contributed by atoms with van der Waals surface area (Å²) in [5, 5.41) is 0.519. The van der Waals surface area contributed by atoms with Crippen LogP contribution in [0.15, 0.2) is 36.4 Å². The average Bonchev–Trinajstić information content (AvgIpc) is 3.44. The van der Waals surface area contributed by atoms with Crippen molar-refractivity contribution in [2.45, 2.75) is 19.3 Å². The molecule has 1 saturated heterocycles. The van der Waals surface area contributed by atoms with Gasteiger partial charge in [-0.3, -0.25) is 24.2 Å². The first-order valence-electron chi connectivity index (χ1n) is 11.3. The van der Waals surface area contributed by atoms with E-state index in [0.717, 1.165) is 22.6 Å². The van der Waals surface area contributed by atoms with Gasteiger partial charge in [0.25, 0.3) is 5.91 Å². The van der Waals surface area contributed by atoms with Crippen LogP contribution in [0, 0.1) is 0 Å². The molecule has 0 bridgehead atoms. The van der Waals surface area contributed by atoms with Gasteiger partial charge in [0.2, 0.25) is 11.8 Å². The third-order valence-electron chi connectivity index (χ3n) is 5.76. The van der Waals surface area contributed by atoms with Crippen molar-refractivity contribution in [3.63, 3.8) is 0 Å². The fourth-order valence-corrected chi connectivity index (χ4v) is 5.12. The van der Waals surface area contributed by atoms with E-state index in [2.05, 4.69) is 4.90 Å². The number of hydrogen-bond acceptors (Lipinski definition) is 8. The van der Waals surface area contributed by atoms with Crippen LogP contribution in [0.1, 0.15) is 29.6 Å². The van der Waals surface area contributed by atoms with E-state index < -0.39 is 0 Å². The number of thiazole rings is 1. The van der Waals surface area contributed by atoms with Gasteiger partial charge in [-0.25, -0.2) is 4.98 Å². The van der Waals surface area contributed by atoms with Crippen molar-refractivity contribution in [1.82, 2.24) is 9.88 Å². The zero-order valence-electron chi connectivity index (χ0n) is 20.6. The Bertz CT molecular complexity index is 1220. The van der Waals surface area contributed by atoms with Gasteiger partial charge in [-0.2, -0.15) is 0 Å². The van der Waals surface area contributed by atoms with E-state index in [4.69, 9.17) is 14.5 Å². The molecule has 36 heavy (non-hydrogen) atoms. The third-order valence-corrected chi connectivity index (χ3v) is 6.86. The van der Waals surface area contributed by atoms with Crippen molar-refractivity contribution in [3.05, 3.63) is 42.0 Å². The molecule has 1 aliphatic rings. The summed E-state index contributed by atoms with van der Waals surface area (Å²) in [6.07, 6.45) is 1.10. The molecule has 192 valence electrons. The van der Waals surface area contributed by atoms with Crippen LogP contribution in [0.25, 0.3) is 10.2 Å². The number of ether oxygens (including phenoxy) is 2. The minimum absolute atomic E-state index is 0. The van der Waals surface area contributed by atoms with Crippen LogP contribution in [-0.4, -0.2) is 69.0 Å². The van der Waals surface area contributed by atoms with Gasteiger partial charge in [0.1, 0.15) is 21.7 Å². The number of benzene rings is 2. The van der Waals surface area contributed by atoms with Gasteiger partial charge in [0.15, 0.2) is 5.13 Å². The Balaban J connectivity index is 0.00000361. The fraction of sp³-hybridized carbons (Fsp3) is 0.360. The van der Waals surface area contributed by atoms with E-state index >= 15 is 0 Å². The number of carbonyl (C=O) groups excluding carboxylic acids is 3. The molecule has 4 rings (SSSR count). The van der Waals surface area contributed by atoms with Crippen LogP contribution in [0.3, 0.4) is 0 Å². The van der Waals surface area contributed by atoms with E-state index in [0.29, 0.717) is 39.9 Å². The minimum atomic E-state index is -0.262. The number of carbonyl (C=O) groups is 3. The fourth-order valence-electron chi connectivity index (χ4n) is 4.02. The molecule has 2 heterocycles. The Kier molecular flexibility index (Phi) is 8.89. The van der Waals surface area contributed by atoms with Gasteiger partial charge in [0.05, 0.1) is 19.9 Å². The van der Waals surface area contributed by atoms with E-state index in [1.165, 1.54) is 11.3 Å². The molecule has 3 amide bonds. The topological polar surface area (TPSA) is 92.3 Å². The predicted molar refractivity (Wildman–Crippen MR) is 143 cm³/mol. The number of methoxy groups -OCH3 is 2. The summed E-state index contributed by atoms with van der Waals surface area (Å²) in [7, 11) is 7.13. The lowest BCUT2D eigenvalue weighted by Gasteiger charge is -2.22. The number of anilines is 2. The zero-order chi connectivity index (χ0) is 25.1. The number of amides is 3. The summed E-state index contributed by atoms with van der Waals surface area (Å²) in [5.41, 5.74) is 1.40. The molecule has 0 spiro atoms. The molecule has 0 atom stereocenters. The molecule has 1 aromatic heterocycles. The normalized spacial score (nSPS) is 13.3. The van der Waals surface area contributed by atoms with Crippen LogP contribution in [0.2, 0.25) is 0 Å². The molecule has 0 radical (unpaired) electrons. The van der Waals surface area contributed by atoms with Crippen LogP contribution in [0.5, 0.6) is 11.5 Å². The third kappa shape index (κ3) is 5.45. The predicted octanol–water partition coefficient (Wildman–Crippen LogP) is 3.99. The SMILES string of the molecule is COc1ccc(OC)c2sc(N(CCCN(C)C)C(=O)c3cccc(N4C(=O)CCC4=O)c3)nc12.Cl. The second kappa shape index (κ2) is 11.7. The number of aromatic nitrogens is 1. The largest absolute Gasteiger partial charge is 0.495 e. The van der Waals surface area contributed by atoms with E-state index in [9.17, 15) is 14.4 Å². The number of halogens is 1. The van der Waals surface area contributed by atoms with Crippen molar-refractivity contribution in [2.24, 2.45) is 0 Å². The van der Waals surface area contributed by atoms with Crippen molar-refractivity contribution < 1.29 is 23.9 Å². The highest BCUT2D eigenvalue weighted by molar-refractivity contribution is 7.22. The van der Waals surface area contributed by atoms with Crippen LogP contribution < -0.4 is 19.3 Å². The maximum Gasteiger partial charge on any atom is 0.260 e. The van der Waals surface area contributed by atoms with Crippen LogP contribution in [-0.2, 0) is 9.59 Å². The second-order valence-electron chi connectivity index (χ2n) is 8.43. The van der Waals surface area contributed by atoms with Gasteiger partial charge in [-0.05, 0) is 57.4 Å². The van der Waals surface area contributed by atoms with Crippen molar-refractivity contribution in [3.8, 4) is 11.5 Å². The smallest absolute Gasteiger partial charge is 0.260 e. The standard InChI is InChI=1S/C25H28N4O5S.ClH/c1-27(2)13-6-14-28(25-26-22-18(33-3)9-10-19(34-4)23(22)35-25)24(32)16-7-5-8-17(15-16)29-20(30)11-12-21(29)31;/h5,7-10,15H,6,11-14H2,1-4H3;1H. The van der Waals surface area contributed by atoms with E-state index in [-0.39, 0.29) is 43.0 Å². The quantitative estimate of drug-likeness (QED) is 0.385. The van der Waals surface area contributed by atoms with Gasteiger partial charge < -0.3 is 14.4 Å². The summed E-state index contributed by atoms with van der Waals surface area (Å²) < 4.78 is 11.8. The Morgan fingerprint density at radius 3 is 2.33 bits per heavy atom. The Hall–Kier alpha value is -3.21. The van der Waals surface area contributed by atoms with Gasteiger partial charge in [-0.15, -0.1) is 12.4 Å². The van der Waals surface area contributed by atoms with Crippen LogP contribution >= 0.6 is 23.7 Å². The van der Waals surface area contributed by atoms with E-state index in [1.807, 2.05) is 20.2 Å². The van der Waals surface area contributed by atoms with Crippen molar-refractivity contribution >= 4 is 62.5 Å². The molecule has 3 aromatic rings. The lowest BCUT2D eigenvalue weighted by Crippen LogP contribution is -2.34. The first-order chi connectivity index (χ1) is 16.8. The maximum absolute atomic E-state index is 13.8. The molecule has 0 unspecified atom stereocenters. The molecular weight excluding hydrogens is 504 g/mol. The highest BCUT2D eigenvalue weighted by Gasteiger charge is 2.31. The first-order valence-corrected chi connectivity index (χ1v) is 12.1. The Morgan fingerprint density at radius 2 is 1.69 bits per heavy atom. The van der Waals surface area contributed by atoms with E-state index in [1.54, 1.807) is 49.5 Å². The molecule has 1 aliphatic heterocycles. The van der Waals surface area contributed by atoms with Crippen molar-refractivity contribution in [1.29, 1.82) is 0 Å². The molecule has 0 N–H and O–H groups in total. The number of imide groups is 1. The lowest BCUT2D eigenvalue weighted by molar-refractivity contribution is -0.121. The number of fused-ring (bicyclic) bond motifs is 1. The van der Waals surface area contributed by atoms with Gasteiger partial charge in [0, 0.05) is 24.9 Å². The van der Waals surface area contributed by atoms with Crippen molar-refractivity contribution in [2.75, 3.05) is 51.2 Å². The number of rotatable bonds is 9. The number of hydrogen-bond donors (Lipinski definition) is 0.